The van der Waals surface area contributed by atoms with Gasteiger partial charge in [-0.15, -0.1) is 0 Å². The fourth-order valence-corrected chi connectivity index (χ4v) is 0.689. The molecule has 0 fully saturated rings. The number of rotatable bonds is 2. The van der Waals surface area contributed by atoms with Gasteiger partial charge in [-0.25, -0.2) is 0 Å². The first-order valence-corrected chi connectivity index (χ1v) is 2.81. The van der Waals surface area contributed by atoms with Crippen LogP contribution in [-0.2, 0) is 0 Å². The molecule has 0 saturated heterocycles. The number of hydrogen-bond donors (Lipinski definition) is 0. The fraction of sp³-hybridized carbons (Fsp3) is 0. The number of para-hydroxylation sites is 2. The van der Waals surface area contributed by atoms with Crippen molar-refractivity contribution in [2.24, 2.45) is 0 Å². The van der Waals surface area contributed by atoms with Crippen LogP contribution in [0, 0.1) is 14.2 Å². The maximum absolute atomic E-state index is 4.72. The third-order valence-corrected chi connectivity index (χ3v) is 1.16. The predicted octanol–water partition coefficient (Wildman–Crippen LogP) is 2.03. The summed E-state index contributed by atoms with van der Waals surface area (Å²) in [6, 6.07) is 7.19. The van der Waals surface area contributed by atoms with E-state index in [0.29, 0.717) is 11.5 Å². The lowest BCUT2D eigenvalue weighted by atomic mass is 10.3. The SMILES string of the molecule is [CH2]Oc1ccccc1O[CH2]. The molecule has 0 saturated carbocycles. The van der Waals surface area contributed by atoms with E-state index in [2.05, 4.69) is 14.2 Å². The van der Waals surface area contributed by atoms with Crippen molar-refractivity contribution >= 4 is 0 Å². The normalized spacial score (nSPS) is 9.00. The Kier molecular flexibility index (Phi) is 2.15. The number of hydrogen-bond acceptors (Lipinski definition) is 2. The molecule has 0 spiro atoms. The minimum absolute atomic E-state index is 0.595. The molecule has 0 bridgehead atoms. The minimum Gasteiger partial charge on any atom is -0.486 e. The van der Waals surface area contributed by atoms with E-state index in [1.807, 2.05) is 12.1 Å². The highest BCUT2D eigenvalue weighted by atomic mass is 16.5. The first-order chi connectivity index (χ1) is 4.88. The molecular weight excluding hydrogens is 128 g/mol. The van der Waals surface area contributed by atoms with Crippen LogP contribution < -0.4 is 9.47 Å². The summed E-state index contributed by atoms with van der Waals surface area (Å²) in [7, 11) is 6.51. The smallest absolute Gasteiger partial charge is 0.161 e. The molecule has 2 heteroatoms. The van der Waals surface area contributed by atoms with Crippen molar-refractivity contribution in [3.63, 3.8) is 0 Å². The quantitative estimate of drug-likeness (QED) is 0.619. The van der Waals surface area contributed by atoms with E-state index >= 15 is 0 Å². The second-order valence-corrected chi connectivity index (χ2v) is 1.74. The highest BCUT2D eigenvalue weighted by Crippen LogP contribution is 2.25. The van der Waals surface area contributed by atoms with Gasteiger partial charge in [0, 0.05) is 0 Å². The molecule has 0 aromatic heterocycles. The van der Waals surface area contributed by atoms with Crippen molar-refractivity contribution in [1.82, 2.24) is 0 Å². The second-order valence-electron chi connectivity index (χ2n) is 1.74. The van der Waals surface area contributed by atoms with E-state index in [-0.39, 0.29) is 0 Å². The van der Waals surface area contributed by atoms with Gasteiger partial charge in [0.05, 0.1) is 0 Å². The molecule has 0 heterocycles. The van der Waals surface area contributed by atoms with Crippen LogP contribution in [0.5, 0.6) is 11.5 Å². The summed E-state index contributed by atoms with van der Waals surface area (Å²) in [5.74, 6) is 1.19. The molecule has 0 unspecified atom stereocenters. The lowest BCUT2D eigenvalue weighted by Gasteiger charge is -2.04. The van der Waals surface area contributed by atoms with Gasteiger partial charge in [-0.1, -0.05) is 12.1 Å². The van der Waals surface area contributed by atoms with Crippen LogP contribution in [-0.4, -0.2) is 0 Å². The summed E-state index contributed by atoms with van der Waals surface area (Å²) in [6.45, 7) is 0. The van der Waals surface area contributed by atoms with E-state index in [9.17, 15) is 0 Å². The molecular formula is C8H8O2. The van der Waals surface area contributed by atoms with E-state index in [4.69, 9.17) is 9.47 Å². The maximum atomic E-state index is 4.72. The third-order valence-electron chi connectivity index (χ3n) is 1.16. The van der Waals surface area contributed by atoms with Crippen LogP contribution >= 0.6 is 0 Å². The van der Waals surface area contributed by atoms with Crippen LogP contribution in [0.15, 0.2) is 24.3 Å². The Morgan fingerprint density at radius 1 is 0.900 bits per heavy atom. The van der Waals surface area contributed by atoms with Crippen molar-refractivity contribution in [2.75, 3.05) is 0 Å². The summed E-state index contributed by atoms with van der Waals surface area (Å²) >= 11 is 0. The topological polar surface area (TPSA) is 18.5 Å². The minimum atomic E-state index is 0.595. The standard InChI is InChI=1S/C8H8O2/c1-9-7-5-3-4-6-8(7)10-2/h3-6H,1-2H2. The Hall–Kier alpha value is -1.18. The molecule has 2 radical (unpaired) electrons. The van der Waals surface area contributed by atoms with Crippen molar-refractivity contribution in [2.45, 2.75) is 0 Å². The molecule has 10 heavy (non-hydrogen) atoms. The van der Waals surface area contributed by atoms with Crippen LogP contribution in [0.1, 0.15) is 0 Å². The average Bonchev–Trinajstić information content (AvgIpc) is 2.04. The van der Waals surface area contributed by atoms with E-state index in [1.165, 1.54) is 0 Å². The Balaban J connectivity index is 2.96. The van der Waals surface area contributed by atoms with Gasteiger partial charge in [-0.05, 0) is 12.1 Å². The molecule has 0 N–H and O–H groups in total. The molecule has 0 amide bonds. The van der Waals surface area contributed by atoms with Crippen molar-refractivity contribution in [1.29, 1.82) is 0 Å². The first kappa shape index (κ1) is 6.93. The number of ether oxygens (including phenoxy) is 2. The van der Waals surface area contributed by atoms with Gasteiger partial charge in [-0.3, -0.25) is 0 Å². The van der Waals surface area contributed by atoms with Gasteiger partial charge in [-0.2, -0.15) is 0 Å². The van der Waals surface area contributed by atoms with E-state index < -0.39 is 0 Å². The number of benzene rings is 1. The lowest BCUT2D eigenvalue weighted by molar-refractivity contribution is 0.409. The zero-order valence-corrected chi connectivity index (χ0v) is 5.54. The summed E-state index contributed by atoms with van der Waals surface area (Å²) in [4.78, 5) is 0. The van der Waals surface area contributed by atoms with E-state index in [1.54, 1.807) is 12.1 Å². The van der Waals surface area contributed by atoms with Gasteiger partial charge >= 0.3 is 0 Å². The van der Waals surface area contributed by atoms with Gasteiger partial charge in [0.25, 0.3) is 0 Å². The largest absolute Gasteiger partial charge is 0.486 e. The second kappa shape index (κ2) is 3.11. The van der Waals surface area contributed by atoms with Crippen LogP contribution in [0.3, 0.4) is 0 Å². The molecule has 0 atom stereocenters. The average molecular weight is 136 g/mol. The van der Waals surface area contributed by atoms with Crippen molar-refractivity contribution in [3.05, 3.63) is 38.5 Å². The molecule has 1 aromatic carbocycles. The first-order valence-electron chi connectivity index (χ1n) is 2.81. The summed E-state index contributed by atoms with van der Waals surface area (Å²) in [5, 5.41) is 0. The lowest BCUT2D eigenvalue weighted by Crippen LogP contribution is -1.84. The Bertz CT molecular complexity index is 185. The molecule has 1 rings (SSSR count). The molecule has 0 aliphatic rings. The molecule has 52 valence electrons. The highest BCUT2D eigenvalue weighted by molar-refractivity contribution is 5.39. The molecule has 2 nitrogen and oxygen atoms in total. The highest BCUT2D eigenvalue weighted by Gasteiger charge is 1.97. The van der Waals surface area contributed by atoms with Crippen molar-refractivity contribution < 1.29 is 9.47 Å². The Labute approximate surface area is 60.4 Å². The molecule has 0 aliphatic carbocycles. The van der Waals surface area contributed by atoms with Crippen molar-refractivity contribution in [3.8, 4) is 11.5 Å². The van der Waals surface area contributed by atoms with Gasteiger partial charge in [0.2, 0.25) is 0 Å². The molecule has 1 aromatic rings. The summed E-state index contributed by atoms with van der Waals surface area (Å²) < 4.78 is 9.44. The third kappa shape index (κ3) is 1.21. The maximum Gasteiger partial charge on any atom is 0.161 e. The molecule has 0 aliphatic heterocycles. The van der Waals surface area contributed by atoms with Gasteiger partial charge < -0.3 is 9.47 Å². The monoisotopic (exact) mass is 136 g/mol. The van der Waals surface area contributed by atoms with E-state index in [0.717, 1.165) is 0 Å². The Morgan fingerprint density at radius 2 is 1.30 bits per heavy atom. The fourth-order valence-electron chi connectivity index (χ4n) is 0.689. The zero-order valence-electron chi connectivity index (χ0n) is 5.54. The zero-order chi connectivity index (χ0) is 7.40. The van der Waals surface area contributed by atoms with Crippen LogP contribution in [0.25, 0.3) is 0 Å². The van der Waals surface area contributed by atoms with Crippen LogP contribution in [0.4, 0.5) is 0 Å². The predicted molar refractivity (Wildman–Crippen MR) is 38.4 cm³/mol. The van der Waals surface area contributed by atoms with Crippen LogP contribution in [0.2, 0.25) is 0 Å². The summed E-state index contributed by atoms with van der Waals surface area (Å²) in [5.41, 5.74) is 0. The summed E-state index contributed by atoms with van der Waals surface area (Å²) in [6.07, 6.45) is 0. The van der Waals surface area contributed by atoms with Gasteiger partial charge in [0.1, 0.15) is 14.2 Å². The van der Waals surface area contributed by atoms with Gasteiger partial charge in [0.15, 0.2) is 11.5 Å². The Morgan fingerprint density at radius 3 is 1.60 bits per heavy atom.